The van der Waals surface area contributed by atoms with Crippen LogP contribution in [0, 0.1) is 10.1 Å². The van der Waals surface area contributed by atoms with Crippen molar-refractivity contribution >= 4 is 28.8 Å². The summed E-state index contributed by atoms with van der Waals surface area (Å²) in [7, 11) is 1.48. The number of rotatable bonds is 5. The molecule has 1 aromatic heterocycles. The maximum atomic E-state index is 12.3. The number of fused-ring (bicyclic) bond motifs is 1. The van der Waals surface area contributed by atoms with Gasteiger partial charge in [-0.3, -0.25) is 14.9 Å². The third-order valence-electron chi connectivity index (χ3n) is 3.46. The number of hydrogen-bond acceptors (Lipinski definition) is 6. The van der Waals surface area contributed by atoms with E-state index in [2.05, 4.69) is 10.5 Å². The number of nitro groups is 1. The summed E-state index contributed by atoms with van der Waals surface area (Å²) in [4.78, 5) is 22.2. The molecule has 0 spiro atoms. The quantitative estimate of drug-likeness (QED) is 0.436. The molecule has 25 heavy (non-hydrogen) atoms. The first-order valence-corrected chi connectivity index (χ1v) is 7.23. The number of carbonyl (C=O) groups excluding carboxylic acids is 1. The number of methoxy groups -OCH3 is 1. The molecule has 0 aliphatic carbocycles. The van der Waals surface area contributed by atoms with Crippen LogP contribution in [-0.2, 0) is 0 Å². The molecule has 2 aromatic carbocycles. The van der Waals surface area contributed by atoms with E-state index in [1.165, 1.54) is 25.5 Å². The molecule has 8 heteroatoms. The van der Waals surface area contributed by atoms with Gasteiger partial charge >= 0.3 is 5.88 Å². The third-order valence-corrected chi connectivity index (χ3v) is 3.46. The maximum absolute atomic E-state index is 12.3. The van der Waals surface area contributed by atoms with Gasteiger partial charge in [-0.15, -0.1) is 0 Å². The number of hydrogen-bond donors (Lipinski definition) is 1. The van der Waals surface area contributed by atoms with Crippen LogP contribution >= 0.6 is 0 Å². The van der Waals surface area contributed by atoms with Crippen molar-refractivity contribution in [1.82, 2.24) is 5.43 Å². The molecule has 0 saturated carbocycles. The Balaban J connectivity index is 1.79. The van der Waals surface area contributed by atoms with Crippen molar-refractivity contribution in [3.8, 4) is 5.75 Å². The third kappa shape index (κ3) is 3.47. The number of furan rings is 1. The molecule has 3 aromatic rings. The van der Waals surface area contributed by atoms with Gasteiger partial charge in [0.2, 0.25) is 0 Å². The fourth-order valence-electron chi connectivity index (χ4n) is 2.29. The molecular formula is C17H13N3O5. The molecule has 0 aliphatic heterocycles. The Morgan fingerprint density at radius 3 is 2.60 bits per heavy atom. The number of benzene rings is 2. The van der Waals surface area contributed by atoms with Crippen molar-refractivity contribution in [2.75, 3.05) is 7.11 Å². The molecule has 0 unspecified atom stereocenters. The average molecular weight is 339 g/mol. The number of ether oxygens (including phenoxy) is 1. The normalized spacial score (nSPS) is 10.9. The van der Waals surface area contributed by atoms with Crippen molar-refractivity contribution in [2.45, 2.75) is 0 Å². The van der Waals surface area contributed by atoms with E-state index in [-0.39, 0.29) is 5.76 Å². The lowest BCUT2D eigenvalue weighted by molar-refractivity contribution is -0.402. The SMILES string of the molecule is COc1cc2ccccc2cc1C(=O)N/N=C\c1ccc([N+](=O)[O-])o1. The Hall–Kier alpha value is -3.68. The van der Waals surface area contributed by atoms with E-state index in [4.69, 9.17) is 9.15 Å². The Morgan fingerprint density at radius 2 is 1.96 bits per heavy atom. The van der Waals surface area contributed by atoms with Crippen molar-refractivity contribution in [3.05, 3.63) is 70.0 Å². The lowest BCUT2D eigenvalue weighted by Gasteiger charge is -2.09. The summed E-state index contributed by atoms with van der Waals surface area (Å²) in [6.45, 7) is 0. The molecule has 0 atom stereocenters. The van der Waals surface area contributed by atoms with Gasteiger partial charge in [0.15, 0.2) is 5.76 Å². The second-order valence-electron chi connectivity index (χ2n) is 5.03. The van der Waals surface area contributed by atoms with E-state index in [9.17, 15) is 14.9 Å². The Bertz CT molecular complexity index is 977. The lowest BCUT2D eigenvalue weighted by atomic mass is 10.1. The van der Waals surface area contributed by atoms with Crippen LogP contribution in [-0.4, -0.2) is 24.2 Å². The zero-order chi connectivity index (χ0) is 17.8. The molecule has 1 N–H and O–H groups in total. The van der Waals surface area contributed by atoms with Gasteiger partial charge in [0.05, 0.1) is 25.0 Å². The van der Waals surface area contributed by atoms with Gasteiger partial charge in [-0.25, -0.2) is 5.43 Å². The monoisotopic (exact) mass is 339 g/mol. The van der Waals surface area contributed by atoms with Crippen LogP contribution < -0.4 is 10.2 Å². The molecule has 1 amide bonds. The summed E-state index contributed by atoms with van der Waals surface area (Å²) >= 11 is 0. The van der Waals surface area contributed by atoms with Gasteiger partial charge in [-0.1, -0.05) is 24.3 Å². The Kier molecular flexibility index (Phi) is 4.42. The minimum absolute atomic E-state index is 0.150. The molecule has 0 fully saturated rings. The van der Waals surface area contributed by atoms with Crippen LogP contribution in [0.4, 0.5) is 5.88 Å². The van der Waals surface area contributed by atoms with Crippen LogP contribution in [0.25, 0.3) is 10.8 Å². The van der Waals surface area contributed by atoms with Gasteiger partial charge in [-0.2, -0.15) is 5.10 Å². The molecular weight excluding hydrogens is 326 g/mol. The fraction of sp³-hybridized carbons (Fsp3) is 0.0588. The Morgan fingerprint density at radius 1 is 1.24 bits per heavy atom. The van der Waals surface area contributed by atoms with Crippen LogP contribution in [0.1, 0.15) is 16.1 Å². The first-order chi connectivity index (χ1) is 12.1. The van der Waals surface area contributed by atoms with E-state index < -0.39 is 16.7 Å². The van der Waals surface area contributed by atoms with Crippen LogP contribution in [0.15, 0.2) is 58.0 Å². The first-order valence-electron chi connectivity index (χ1n) is 7.23. The van der Waals surface area contributed by atoms with Gasteiger partial charge in [0.1, 0.15) is 10.7 Å². The zero-order valence-corrected chi connectivity index (χ0v) is 13.1. The highest BCUT2D eigenvalue weighted by molar-refractivity contribution is 6.01. The van der Waals surface area contributed by atoms with Crippen LogP contribution in [0.2, 0.25) is 0 Å². The highest BCUT2D eigenvalue weighted by Crippen LogP contribution is 2.25. The van der Waals surface area contributed by atoms with Crippen molar-refractivity contribution in [1.29, 1.82) is 0 Å². The van der Waals surface area contributed by atoms with E-state index in [0.717, 1.165) is 10.8 Å². The highest BCUT2D eigenvalue weighted by atomic mass is 16.6. The number of amides is 1. The van der Waals surface area contributed by atoms with Gasteiger partial charge in [0, 0.05) is 0 Å². The van der Waals surface area contributed by atoms with Crippen molar-refractivity contribution < 1.29 is 18.9 Å². The minimum atomic E-state index is -0.657. The van der Waals surface area contributed by atoms with Crippen molar-refractivity contribution in [3.63, 3.8) is 0 Å². The van der Waals surface area contributed by atoms with E-state index in [1.54, 1.807) is 12.1 Å². The molecule has 3 rings (SSSR count). The maximum Gasteiger partial charge on any atom is 0.433 e. The summed E-state index contributed by atoms with van der Waals surface area (Å²) in [6, 6.07) is 13.6. The molecule has 0 bridgehead atoms. The number of hydrazone groups is 1. The van der Waals surface area contributed by atoms with Crippen LogP contribution in [0.5, 0.6) is 5.75 Å². The first kappa shape index (κ1) is 16.2. The summed E-state index contributed by atoms with van der Waals surface area (Å²) in [5.41, 5.74) is 2.67. The molecule has 0 saturated heterocycles. The lowest BCUT2D eigenvalue weighted by Crippen LogP contribution is -2.18. The molecule has 126 valence electrons. The standard InChI is InChI=1S/C17H13N3O5/c1-24-15-9-12-5-3-2-4-11(12)8-14(15)17(21)19-18-10-13-6-7-16(25-13)20(22)23/h2-10H,1H3,(H,19,21)/b18-10-. The Labute approximate surface area is 141 Å². The van der Waals surface area contributed by atoms with Crippen LogP contribution in [0.3, 0.4) is 0 Å². The second kappa shape index (κ2) is 6.83. The predicted molar refractivity (Wildman–Crippen MR) is 90.9 cm³/mol. The van der Waals surface area contributed by atoms with Crippen molar-refractivity contribution in [2.24, 2.45) is 5.10 Å². The summed E-state index contributed by atoms with van der Waals surface area (Å²) in [6.07, 6.45) is 1.18. The summed E-state index contributed by atoms with van der Waals surface area (Å²) < 4.78 is 10.2. The number of nitrogens with one attached hydrogen (secondary N) is 1. The van der Waals surface area contributed by atoms with E-state index in [0.29, 0.717) is 11.3 Å². The fourth-order valence-corrected chi connectivity index (χ4v) is 2.29. The van der Waals surface area contributed by atoms with E-state index in [1.807, 2.05) is 24.3 Å². The van der Waals surface area contributed by atoms with Gasteiger partial charge in [-0.05, 0) is 29.0 Å². The topological polar surface area (TPSA) is 107 Å². The molecule has 1 heterocycles. The molecule has 8 nitrogen and oxygen atoms in total. The predicted octanol–water partition coefficient (Wildman–Crippen LogP) is 3.11. The van der Waals surface area contributed by atoms with Gasteiger partial charge < -0.3 is 9.15 Å². The second-order valence-corrected chi connectivity index (χ2v) is 5.03. The minimum Gasteiger partial charge on any atom is -0.496 e. The summed E-state index contributed by atoms with van der Waals surface area (Å²) in [5.74, 6) is -0.304. The smallest absolute Gasteiger partial charge is 0.433 e. The van der Waals surface area contributed by atoms with Gasteiger partial charge in [0.25, 0.3) is 5.91 Å². The molecule has 0 aliphatic rings. The molecule has 0 radical (unpaired) electrons. The summed E-state index contributed by atoms with van der Waals surface area (Å²) in [5, 5.41) is 16.1. The average Bonchev–Trinajstić information content (AvgIpc) is 3.09. The number of nitrogens with zero attached hydrogens (tertiary/aromatic N) is 2. The highest BCUT2D eigenvalue weighted by Gasteiger charge is 2.14. The number of carbonyl (C=O) groups is 1. The zero-order valence-electron chi connectivity index (χ0n) is 13.1. The largest absolute Gasteiger partial charge is 0.496 e. The van der Waals surface area contributed by atoms with E-state index >= 15 is 0 Å².